The van der Waals surface area contributed by atoms with Crippen molar-refractivity contribution >= 4 is 21.8 Å². The number of aryl methyl sites for hydroxylation is 1. The highest BCUT2D eigenvalue weighted by molar-refractivity contribution is 9.10. The predicted octanol–water partition coefficient (Wildman–Crippen LogP) is 3.59. The highest BCUT2D eigenvalue weighted by atomic mass is 79.9. The number of alkyl halides is 3. The van der Waals surface area contributed by atoms with Gasteiger partial charge in [0.15, 0.2) is 5.69 Å². The van der Waals surface area contributed by atoms with E-state index < -0.39 is 40.6 Å². The van der Waals surface area contributed by atoms with Gasteiger partial charge in [0.25, 0.3) is 11.5 Å². The smallest absolute Gasteiger partial charge is 0.364 e. The average molecular weight is 566 g/mol. The molecule has 0 unspecified atom stereocenters. The molecule has 4 rings (SSSR count). The van der Waals surface area contributed by atoms with Crippen molar-refractivity contribution in [3.8, 4) is 16.9 Å². The molecule has 0 saturated carbocycles. The van der Waals surface area contributed by atoms with Crippen LogP contribution in [0.4, 0.5) is 17.6 Å². The predicted molar refractivity (Wildman–Crippen MR) is 123 cm³/mol. The Hall–Kier alpha value is -3.94. The van der Waals surface area contributed by atoms with Crippen molar-refractivity contribution in [2.24, 2.45) is 12.8 Å². The van der Waals surface area contributed by atoms with Crippen molar-refractivity contribution in [3.63, 3.8) is 0 Å². The summed E-state index contributed by atoms with van der Waals surface area (Å²) in [4.78, 5) is 29.7. The van der Waals surface area contributed by atoms with E-state index in [1.54, 1.807) is 13.1 Å². The van der Waals surface area contributed by atoms with Crippen LogP contribution in [0.5, 0.6) is 0 Å². The molecule has 3 aromatic heterocycles. The Morgan fingerprint density at radius 1 is 1.19 bits per heavy atom. The second-order valence-electron chi connectivity index (χ2n) is 7.76. The van der Waals surface area contributed by atoms with Gasteiger partial charge in [0.05, 0.1) is 33.8 Å². The van der Waals surface area contributed by atoms with Gasteiger partial charge in [0, 0.05) is 30.3 Å². The minimum atomic E-state index is -4.94. The number of nitrogens with zero attached hydrogens (tertiary/aromatic N) is 6. The Balaban J connectivity index is 1.90. The molecule has 186 valence electrons. The van der Waals surface area contributed by atoms with E-state index in [1.807, 2.05) is 0 Å². The molecule has 14 heteroatoms. The molecule has 0 saturated heterocycles. The van der Waals surface area contributed by atoms with E-state index in [0.717, 1.165) is 16.8 Å². The maximum absolute atomic E-state index is 14.8. The summed E-state index contributed by atoms with van der Waals surface area (Å²) in [5.41, 5.74) is 3.57. The molecule has 1 aromatic carbocycles. The number of amides is 1. The van der Waals surface area contributed by atoms with Gasteiger partial charge in [0.2, 0.25) is 0 Å². The Labute approximate surface area is 208 Å². The molecule has 0 spiro atoms. The first-order valence-electron chi connectivity index (χ1n) is 10.2. The van der Waals surface area contributed by atoms with Crippen molar-refractivity contribution in [1.82, 2.24) is 29.8 Å². The summed E-state index contributed by atoms with van der Waals surface area (Å²) < 4.78 is 56.7. The average Bonchev–Trinajstić information content (AvgIpc) is 3.25. The lowest BCUT2D eigenvalue weighted by molar-refractivity contribution is -0.140. The fourth-order valence-electron chi connectivity index (χ4n) is 3.76. The summed E-state index contributed by atoms with van der Waals surface area (Å²) in [6.07, 6.45) is -0.638. The minimum absolute atomic E-state index is 0.151. The second kappa shape index (κ2) is 9.26. The zero-order valence-electron chi connectivity index (χ0n) is 18.6. The molecule has 9 nitrogen and oxygen atoms in total. The maximum Gasteiger partial charge on any atom is 0.419 e. The van der Waals surface area contributed by atoms with E-state index in [0.29, 0.717) is 17.3 Å². The van der Waals surface area contributed by atoms with Gasteiger partial charge in [-0.1, -0.05) is 24.3 Å². The zero-order chi connectivity index (χ0) is 26.4. The summed E-state index contributed by atoms with van der Waals surface area (Å²) in [6, 6.07) is 4.32. The lowest BCUT2D eigenvalue weighted by Crippen LogP contribution is -2.30. The van der Waals surface area contributed by atoms with Crippen molar-refractivity contribution in [2.45, 2.75) is 19.0 Å². The van der Waals surface area contributed by atoms with Gasteiger partial charge in [-0.2, -0.15) is 23.0 Å². The van der Waals surface area contributed by atoms with Gasteiger partial charge in [-0.25, -0.2) is 9.07 Å². The van der Waals surface area contributed by atoms with Gasteiger partial charge in [-0.15, -0.1) is 5.10 Å². The first-order valence-corrected chi connectivity index (χ1v) is 11.0. The first-order chi connectivity index (χ1) is 16.9. The van der Waals surface area contributed by atoms with Crippen LogP contribution in [0.2, 0.25) is 0 Å². The molecular weight excluding hydrogens is 550 g/mol. The highest BCUT2D eigenvalue weighted by Gasteiger charge is 2.36. The molecular formula is C22H16BrF4N7O2. The summed E-state index contributed by atoms with van der Waals surface area (Å²) >= 11 is 3.13. The van der Waals surface area contributed by atoms with Crippen LogP contribution in [0.3, 0.4) is 0 Å². The number of carbonyl (C=O) groups is 1. The molecule has 2 N–H and O–H groups in total. The number of aromatic nitrogens is 6. The number of benzene rings is 1. The molecule has 0 aliphatic rings. The monoisotopic (exact) mass is 565 g/mol. The Morgan fingerprint density at radius 3 is 2.53 bits per heavy atom. The molecule has 1 amide bonds. The third-order valence-corrected chi connectivity index (χ3v) is 6.28. The van der Waals surface area contributed by atoms with Crippen molar-refractivity contribution in [2.75, 3.05) is 0 Å². The quantitative estimate of drug-likeness (QED) is 0.369. The van der Waals surface area contributed by atoms with Crippen LogP contribution in [0, 0.1) is 5.82 Å². The number of hydrogen-bond donors (Lipinski definition) is 1. The van der Waals surface area contributed by atoms with Gasteiger partial charge in [0.1, 0.15) is 5.82 Å². The number of pyridine rings is 1. The van der Waals surface area contributed by atoms with Crippen LogP contribution in [0.1, 0.15) is 40.0 Å². The SMILES string of the molecule is C[C@H](c1cccc(C(F)(F)F)c1F)c1c(C(N)=O)nn(-c2cncc(-c3cnnn3C)c2)c(=O)c1Br. The Bertz CT molecular complexity index is 1550. The van der Waals surface area contributed by atoms with Crippen LogP contribution in [0.15, 0.2) is 52.1 Å². The summed E-state index contributed by atoms with van der Waals surface area (Å²) in [7, 11) is 1.66. The van der Waals surface area contributed by atoms with E-state index in [-0.39, 0.29) is 21.3 Å². The van der Waals surface area contributed by atoms with Crippen LogP contribution in [0.25, 0.3) is 16.9 Å². The van der Waals surface area contributed by atoms with E-state index in [9.17, 15) is 27.2 Å². The zero-order valence-corrected chi connectivity index (χ0v) is 20.2. The van der Waals surface area contributed by atoms with Crippen LogP contribution < -0.4 is 11.3 Å². The molecule has 0 aliphatic carbocycles. The lowest BCUT2D eigenvalue weighted by atomic mass is 9.90. The largest absolute Gasteiger partial charge is 0.419 e. The molecule has 1 atom stereocenters. The molecule has 36 heavy (non-hydrogen) atoms. The van der Waals surface area contributed by atoms with E-state index in [4.69, 9.17) is 5.73 Å². The van der Waals surface area contributed by atoms with Crippen LogP contribution in [-0.2, 0) is 13.2 Å². The van der Waals surface area contributed by atoms with E-state index in [2.05, 4.69) is 36.3 Å². The lowest BCUT2D eigenvalue weighted by Gasteiger charge is -2.20. The van der Waals surface area contributed by atoms with E-state index >= 15 is 0 Å². The number of nitrogens with two attached hydrogens (primary N) is 1. The molecule has 0 radical (unpaired) electrons. The van der Waals surface area contributed by atoms with Crippen molar-refractivity contribution in [1.29, 1.82) is 0 Å². The standard InChI is InChI=1S/C22H16BrF4N7O2/c1-10(13-4-3-5-14(18(13)24)22(25,26)27)16-17(23)21(36)34(31-19(16)20(28)35)12-6-11(7-29-8-12)15-9-30-32-33(15)2/h3-10H,1-2H3,(H2,28,35)/t10-/m1/s1. The van der Waals surface area contributed by atoms with Crippen molar-refractivity contribution < 1.29 is 22.4 Å². The summed E-state index contributed by atoms with van der Waals surface area (Å²) in [5.74, 6) is -3.78. The van der Waals surface area contributed by atoms with Crippen molar-refractivity contribution in [3.05, 3.63) is 85.9 Å². The summed E-state index contributed by atoms with van der Waals surface area (Å²) in [5, 5.41) is 11.7. The Morgan fingerprint density at radius 2 is 1.92 bits per heavy atom. The maximum atomic E-state index is 14.8. The number of primary amides is 1. The fraction of sp³-hybridized carbons (Fsp3) is 0.182. The van der Waals surface area contributed by atoms with Crippen LogP contribution >= 0.6 is 15.9 Å². The fourth-order valence-corrected chi connectivity index (χ4v) is 4.46. The molecule has 0 fully saturated rings. The van der Waals surface area contributed by atoms with Gasteiger partial charge in [-0.3, -0.25) is 14.6 Å². The molecule has 4 aromatic rings. The van der Waals surface area contributed by atoms with Gasteiger partial charge >= 0.3 is 6.18 Å². The van der Waals surface area contributed by atoms with Crippen LogP contribution in [-0.4, -0.2) is 35.7 Å². The van der Waals surface area contributed by atoms with Gasteiger partial charge in [-0.05, 0) is 33.6 Å². The summed E-state index contributed by atoms with van der Waals surface area (Å²) in [6.45, 7) is 1.34. The number of hydrogen-bond acceptors (Lipinski definition) is 6. The first kappa shape index (κ1) is 25.2. The highest BCUT2D eigenvalue weighted by Crippen LogP contribution is 2.37. The Kier molecular flexibility index (Phi) is 6.47. The van der Waals surface area contributed by atoms with Gasteiger partial charge < -0.3 is 5.73 Å². The molecule has 3 heterocycles. The number of halogens is 5. The van der Waals surface area contributed by atoms with E-state index in [1.165, 1.54) is 30.2 Å². The minimum Gasteiger partial charge on any atom is -0.364 e. The number of rotatable bonds is 5. The second-order valence-corrected chi connectivity index (χ2v) is 8.55. The number of carbonyl (C=O) groups excluding carboxylic acids is 1. The normalized spacial score (nSPS) is 12.5. The molecule has 0 aliphatic heterocycles. The third kappa shape index (κ3) is 4.39. The molecule has 0 bridgehead atoms. The third-order valence-electron chi connectivity index (χ3n) is 5.52. The topological polar surface area (TPSA) is 122 Å².